The molecule has 1 atom stereocenters. The van der Waals surface area contributed by atoms with Crippen LogP contribution in [0.3, 0.4) is 0 Å². The molecular weight excluding hydrogens is 153 g/mol. The van der Waals surface area contributed by atoms with E-state index >= 15 is 0 Å². The van der Waals surface area contributed by atoms with Gasteiger partial charge in [0.1, 0.15) is 0 Å². The van der Waals surface area contributed by atoms with Crippen LogP contribution in [0.4, 0.5) is 13.2 Å². The molecule has 0 nitrogen and oxygen atoms in total. The summed E-state index contributed by atoms with van der Waals surface area (Å²) < 4.78 is 34.9. The number of hydrogen-bond donors (Lipinski definition) is 0. The summed E-state index contributed by atoms with van der Waals surface area (Å²) in [5, 5.41) is 0. The van der Waals surface area contributed by atoms with Crippen molar-refractivity contribution in [2.24, 2.45) is 0 Å². The molecule has 0 aromatic carbocycles. The predicted octanol–water partition coefficient (Wildman–Crippen LogP) is 2.73. The second-order valence-corrected chi connectivity index (χ2v) is 2.56. The molecule has 0 amide bonds. The van der Waals surface area contributed by atoms with E-state index in [-0.39, 0.29) is 0 Å². The average Bonchev–Trinajstić information content (AvgIpc) is 1.64. The van der Waals surface area contributed by atoms with E-state index in [0.29, 0.717) is 6.08 Å². The molecule has 9 heavy (non-hydrogen) atoms. The van der Waals surface area contributed by atoms with Crippen LogP contribution in [0.25, 0.3) is 0 Å². The molecule has 0 rings (SSSR count). The summed E-state index contributed by atoms with van der Waals surface area (Å²) in [6.07, 6.45) is -3.75. The van der Waals surface area contributed by atoms with Gasteiger partial charge in [-0.15, -0.1) is 18.2 Å². The van der Waals surface area contributed by atoms with Gasteiger partial charge in [0.2, 0.25) is 0 Å². The summed E-state index contributed by atoms with van der Waals surface area (Å²) in [5.74, 6) is 0. The van der Waals surface area contributed by atoms with Gasteiger partial charge in [0.15, 0.2) is 4.87 Å². The summed E-state index contributed by atoms with van der Waals surface area (Å²) in [4.78, 5) is -2.28. The highest BCUT2D eigenvalue weighted by Crippen LogP contribution is 2.36. The smallest absolute Gasteiger partial charge is 0.169 e. The number of alkyl halides is 4. The largest absolute Gasteiger partial charge is 0.410 e. The van der Waals surface area contributed by atoms with Gasteiger partial charge >= 0.3 is 6.18 Å². The maximum atomic E-state index is 11.6. The minimum Gasteiger partial charge on any atom is -0.169 e. The topological polar surface area (TPSA) is 0 Å². The first-order chi connectivity index (χ1) is 3.81. The minimum absolute atomic E-state index is 0.661. The van der Waals surface area contributed by atoms with Crippen molar-refractivity contribution in [1.29, 1.82) is 0 Å². The average molecular weight is 159 g/mol. The Labute approximate surface area is 56.3 Å². The lowest BCUT2D eigenvalue weighted by atomic mass is 10.2. The van der Waals surface area contributed by atoms with Crippen LogP contribution in [-0.4, -0.2) is 11.1 Å². The van der Waals surface area contributed by atoms with Crippen LogP contribution < -0.4 is 0 Å². The van der Waals surface area contributed by atoms with E-state index in [1.54, 1.807) is 0 Å². The fourth-order valence-corrected chi connectivity index (χ4v) is 0.116. The standard InChI is InChI=1S/C5H6ClF3/c1-3-4(2,6)5(7,8)9/h3H,1H2,2H3. The summed E-state index contributed by atoms with van der Waals surface area (Å²) in [7, 11) is 0. The Morgan fingerprint density at radius 3 is 1.78 bits per heavy atom. The van der Waals surface area contributed by atoms with Gasteiger partial charge in [-0.1, -0.05) is 6.08 Å². The molecule has 0 aliphatic heterocycles. The zero-order valence-corrected chi connectivity index (χ0v) is 5.55. The van der Waals surface area contributed by atoms with Gasteiger partial charge in [0.25, 0.3) is 0 Å². The normalized spacial score (nSPS) is 18.8. The van der Waals surface area contributed by atoms with Crippen molar-refractivity contribution in [3.63, 3.8) is 0 Å². The number of halogens is 4. The molecule has 54 valence electrons. The molecular formula is C5H6ClF3. The van der Waals surface area contributed by atoms with E-state index in [1.807, 2.05) is 0 Å². The van der Waals surface area contributed by atoms with Crippen molar-refractivity contribution in [3.05, 3.63) is 12.7 Å². The molecule has 4 heteroatoms. The van der Waals surface area contributed by atoms with Gasteiger partial charge in [-0.2, -0.15) is 13.2 Å². The third-order valence-corrected chi connectivity index (χ3v) is 1.31. The molecule has 0 N–H and O–H groups in total. The second-order valence-electron chi connectivity index (χ2n) is 1.78. The minimum atomic E-state index is -4.41. The maximum absolute atomic E-state index is 11.6. The Morgan fingerprint density at radius 1 is 1.44 bits per heavy atom. The highest BCUT2D eigenvalue weighted by atomic mass is 35.5. The van der Waals surface area contributed by atoms with Crippen LogP contribution in [0, 0.1) is 0 Å². The van der Waals surface area contributed by atoms with Crippen LogP contribution in [0.15, 0.2) is 12.7 Å². The van der Waals surface area contributed by atoms with Gasteiger partial charge < -0.3 is 0 Å². The van der Waals surface area contributed by atoms with Crippen LogP contribution in [0.5, 0.6) is 0 Å². The molecule has 1 unspecified atom stereocenters. The molecule has 0 saturated heterocycles. The fraction of sp³-hybridized carbons (Fsp3) is 0.600. The second kappa shape index (κ2) is 2.21. The summed E-state index contributed by atoms with van der Waals surface area (Å²) in [5.41, 5.74) is 0. The van der Waals surface area contributed by atoms with E-state index in [2.05, 4.69) is 6.58 Å². The van der Waals surface area contributed by atoms with Crippen molar-refractivity contribution < 1.29 is 13.2 Å². The first kappa shape index (κ1) is 8.82. The number of allylic oxidation sites excluding steroid dienone is 1. The van der Waals surface area contributed by atoms with Crippen LogP contribution in [0.2, 0.25) is 0 Å². The fourth-order valence-electron chi connectivity index (χ4n) is 0.116. The molecule has 0 bridgehead atoms. The van der Waals surface area contributed by atoms with Crippen molar-refractivity contribution in [3.8, 4) is 0 Å². The Bertz CT molecular complexity index is 114. The maximum Gasteiger partial charge on any atom is 0.410 e. The monoisotopic (exact) mass is 158 g/mol. The molecule has 0 aromatic heterocycles. The van der Waals surface area contributed by atoms with Crippen molar-refractivity contribution in [1.82, 2.24) is 0 Å². The number of hydrogen-bond acceptors (Lipinski definition) is 0. The molecule has 0 radical (unpaired) electrons. The summed E-state index contributed by atoms with van der Waals surface area (Å²) >= 11 is 4.95. The lowest BCUT2D eigenvalue weighted by Gasteiger charge is -2.20. The molecule has 0 fully saturated rings. The zero-order chi connectivity index (χ0) is 7.71. The van der Waals surface area contributed by atoms with Crippen LogP contribution in [-0.2, 0) is 0 Å². The molecule has 0 heterocycles. The summed E-state index contributed by atoms with van der Waals surface area (Å²) in [6.45, 7) is 3.80. The highest BCUT2D eigenvalue weighted by molar-refractivity contribution is 6.25. The molecule has 0 aromatic rings. The molecule has 0 spiro atoms. The Morgan fingerprint density at radius 2 is 1.78 bits per heavy atom. The SMILES string of the molecule is C=CC(C)(Cl)C(F)(F)F. The van der Waals surface area contributed by atoms with Gasteiger partial charge in [0, 0.05) is 0 Å². The van der Waals surface area contributed by atoms with Crippen LogP contribution in [0.1, 0.15) is 6.92 Å². The molecule has 0 aliphatic rings. The Balaban J connectivity index is 4.32. The van der Waals surface area contributed by atoms with E-state index in [1.165, 1.54) is 0 Å². The van der Waals surface area contributed by atoms with Gasteiger partial charge in [0.05, 0.1) is 0 Å². The summed E-state index contributed by atoms with van der Waals surface area (Å²) in [6, 6.07) is 0. The van der Waals surface area contributed by atoms with Gasteiger partial charge in [-0.05, 0) is 6.92 Å². The lowest BCUT2D eigenvalue weighted by Crippen LogP contribution is -2.33. The van der Waals surface area contributed by atoms with E-state index in [0.717, 1.165) is 6.92 Å². The quantitative estimate of drug-likeness (QED) is 0.407. The van der Waals surface area contributed by atoms with Gasteiger partial charge in [-0.3, -0.25) is 0 Å². The first-order valence-electron chi connectivity index (χ1n) is 2.20. The van der Waals surface area contributed by atoms with Crippen LogP contribution >= 0.6 is 11.6 Å². The van der Waals surface area contributed by atoms with Crippen molar-refractivity contribution >= 4 is 11.6 Å². The third-order valence-electron chi connectivity index (χ3n) is 0.938. The predicted molar refractivity (Wildman–Crippen MR) is 30.5 cm³/mol. The first-order valence-corrected chi connectivity index (χ1v) is 2.58. The Kier molecular flexibility index (Phi) is 2.17. The highest BCUT2D eigenvalue weighted by Gasteiger charge is 2.47. The number of rotatable bonds is 1. The van der Waals surface area contributed by atoms with E-state index in [9.17, 15) is 13.2 Å². The van der Waals surface area contributed by atoms with E-state index in [4.69, 9.17) is 11.6 Å². The van der Waals surface area contributed by atoms with Crippen molar-refractivity contribution in [2.75, 3.05) is 0 Å². The molecule has 0 saturated carbocycles. The van der Waals surface area contributed by atoms with Gasteiger partial charge in [-0.25, -0.2) is 0 Å². The lowest BCUT2D eigenvalue weighted by molar-refractivity contribution is -0.145. The zero-order valence-electron chi connectivity index (χ0n) is 4.80. The van der Waals surface area contributed by atoms with E-state index < -0.39 is 11.1 Å². The van der Waals surface area contributed by atoms with Crippen molar-refractivity contribution in [2.45, 2.75) is 18.0 Å². The third kappa shape index (κ3) is 1.90. The molecule has 0 aliphatic carbocycles. The Hall–Kier alpha value is -0.180.